The molecule has 3 aliphatic rings. The molecule has 110 valence electrons. The first-order valence-electron chi connectivity index (χ1n) is 8.68. The Bertz CT molecular complexity index is 290. The minimum absolute atomic E-state index is 0.488. The number of rotatable bonds is 3. The van der Waals surface area contributed by atoms with Crippen molar-refractivity contribution in [1.82, 2.24) is 4.90 Å². The number of piperidine rings is 1. The van der Waals surface area contributed by atoms with Gasteiger partial charge >= 0.3 is 0 Å². The second kappa shape index (κ2) is 5.73. The van der Waals surface area contributed by atoms with Crippen LogP contribution in [-0.4, -0.2) is 30.1 Å². The van der Waals surface area contributed by atoms with Crippen LogP contribution in [0.5, 0.6) is 0 Å². The zero-order valence-corrected chi connectivity index (χ0v) is 12.9. The highest BCUT2D eigenvalue weighted by molar-refractivity contribution is 4.98. The Morgan fingerprint density at radius 2 is 1.68 bits per heavy atom. The summed E-state index contributed by atoms with van der Waals surface area (Å²) in [4.78, 5) is 2.64. The van der Waals surface area contributed by atoms with Crippen LogP contribution in [0.3, 0.4) is 0 Å². The first-order chi connectivity index (χ1) is 9.20. The third-order valence-corrected chi connectivity index (χ3v) is 6.67. The van der Waals surface area contributed by atoms with Crippen LogP contribution < -0.4 is 5.73 Å². The Balaban J connectivity index is 1.65. The summed E-state index contributed by atoms with van der Waals surface area (Å²) in [5.74, 6) is 2.55. The highest BCUT2D eigenvalue weighted by Gasteiger charge is 2.42. The average molecular weight is 264 g/mol. The van der Waals surface area contributed by atoms with Gasteiger partial charge in [0.05, 0.1) is 0 Å². The van der Waals surface area contributed by atoms with Crippen molar-refractivity contribution in [2.45, 2.75) is 82.8 Å². The number of hydrogen-bond donors (Lipinski definition) is 1. The molecule has 0 aromatic heterocycles. The summed E-state index contributed by atoms with van der Waals surface area (Å²) in [6.07, 6.45) is 12.7. The average Bonchev–Trinajstić information content (AvgIpc) is 2.68. The summed E-state index contributed by atoms with van der Waals surface area (Å²) in [6, 6.07) is 2.18. The second-order valence-corrected chi connectivity index (χ2v) is 7.48. The lowest BCUT2D eigenvalue weighted by molar-refractivity contribution is 0.0817. The van der Waals surface area contributed by atoms with Gasteiger partial charge in [-0.25, -0.2) is 0 Å². The maximum Gasteiger partial charge on any atom is 0.00994 e. The summed E-state index contributed by atoms with van der Waals surface area (Å²) in [7, 11) is 2.33. The van der Waals surface area contributed by atoms with Crippen molar-refractivity contribution in [2.75, 3.05) is 7.05 Å². The number of nitrogens with two attached hydrogens (primary N) is 1. The van der Waals surface area contributed by atoms with Gasteiger partial charge in [0.15, 0.2) is 0 Å². The van der Waals surface area contributed by atoms with Crippen molar-refractivity contribution >= 4 is 0 Å². The smallest absolute Gasteiger partial charge is 0.00994 e. The predicted octanol–water partition coefficient (Wildman–Crippen LogP) is 3.40. The van der Waals surface area contributed by atoms with E-state index >= 15 is 0 Å². The molecule has 2 heterocycles. The van der Waals surface area contributed by atoms with E-state index in [0.717, 1.165) is 29.8 Å². The SMILES string of the molecule is CCC1CCCCC1C(N)C1CC2CCC(C1)N2C. The van der Waals surface area contributed by atoms with Gasteiger partial charge in [0, 0.05) is 18.1 Å². The zero-order chi connectivity index (χ0) is 13.4. The molecule has 0 aromatic carbocycles. The van der Waals surface area contributed by atoms with Gasteiger partial charge in [-0.3, -0.25) is 0 Å². The molecule has 2 heteroatoms. The molecule has 1 saturated carbocycles. The molecular weight excluding hydrogens is 232 g/mol. The molecule has 0 amide bonds. The highest BCUT2D eigenvalue weighted by Crippen LogP contribution is 2.43. The van der Waals surface area contributed by atoms with Gasteiger partial charge in [0.1, 0.15) is 0 Å². The fraction of sp³-hybridized carbons (Fsp3) is 1.00. The van der Waals surface area contributed by atoms with Crippen molar-refractivity contribution in [3.05, 3.63) is 0 Å². The molecule has 2 aliphatic heterocycles. The predicted molar refractivity (Wildman–Crippen MR) is 81.0 cm³/mol. The van der Waals surface area contributed by atoms with Crippen molar-refractivity contribution in [1.29, 1.82) is 0 Å². The summed E-state index contributed by atoms with van der Waals surface area (Å²) in [6.45, 7) is 2.37. The van der Waals surface area contributed by atoms with Crippen molar-refractivity contribution < 1.29 is 0 Å². The van der Waals surface area contributed by atoms with Gasteiger partial charge in [-0.2, -0.15) is 0 Å². The Hall–Kier alpha value is -0.0800. The van der Waals surface area contributed by atoms with Gasteiger partial charge in [0.2, 0.25) is 0 Å². The topological polar surface area (TPSA) is 29.3 Å². The third kappa shape index (κ3) is 2.58. The van der Waals surface area contributed by atoms with E-state index in [1.165, 1.54) is 57.8 Å². The molecule has 2 saturated heterocycles. The maximum absolute atomic E-state index is 6.77. The van der Waals surface area contributed by atoms with Crippen molar-refractivity contribution in [2.24, 2.45) is 23.5 Å². The molecule has 5 atom stereocenters. The van der Waals surface area contributed by atoms with Crippen LogP contribution in [0.15, 0.2) is 0 Å². The lowest BCUT2D eigenvalue weighted by Crippen LogP contribution is -2.49. The Morgan fingerprint density at radius 1 is 1.05 bits per heavy atom. The van der Waals surface area contributed by atoms with Crippen LogP contribution in [-0.2, 0) is 0 Å². The molecule has 2 bridgehead atoms. The number of fused-ring (bicyclic) bond motifs is 2. The van der Waals surface area contributed by atoms with Gasteiger partial charge in [0.25, 0.3) is 0 Å². The van der Waals surface area contributed by atoms with E-state index in [1.807, 2.05) is 0 Å². The lowest BCUT2D eigenvalue weighted by atomic mass is 9.69. The van der Waals surface area contributed by atoms with Gasteiger partial charge in [-0.15, -0.1) is 0 Å². The first-order valence-corrected chi connectivity index (χ1v) is 8.68. The summed E-state index contributed by atoms with van der Waals surface area (Å²) in [5.41, 5.74) is 6.77. The van der Waals surface area contributed by atoms with Crippen molar-refractivity contribution in [3.63, 3.8) is 0 Å². The summed E-state index contributed by atoms with van der Waals surface area (Å²) < 4.78 is 0. The van der Waals surface area contributed by atoms with E-state index in [2.05, 4.69) is 18.9 Å². The summed E-state index contributed by atoms with van der Waals surface area (Å²) in [5, 5.41) is 0. The molecule has 2 nitrogen and oxygen atoms in total. The molecular formula is C17H32N2. The van der Waals surface area contributed by atoms with Crippen LogP contribution >= 0.6 is 0 Å². The van der Waals surface area contributed by atoms with E-state index in [4.69, 9.17) is 5.73 Å². The lowest BCUT2D eigenvalue weighted by Gasteiger charge is -2.44. The second-order valence-electron chi connectivity index (χ2n) is 7.48. The number of hydrogen-bond acceptors (Lipinski definition) is 2. The Morgan fingerprint density at radius 3 is 2.32 bits per heavy atom. The number of nitrogens with zero attached hydrogens (tertiary/aromatic N) is 1. The monoisotopic (exact) mass is 264 g/mol. The van der Waals surface area contributed by atoms with E-state index in [-0.39, 0.29) is 0 Å². The van der Waals surface area contributed by atoms with Crippen LogP contribution in [0, 0.1) is 17.8 Å². The van der Waals surface area contributed by atoms with Crippen LogP contribution in [0.25, 0.3) is 0 Å². The quantitative estimate of drug-likeness (QED) is 0.846. The molecule has 1 aliphatic carbocycles. The highest BCUT2D eigenvalue weighted by atomic mass is 15.2. The van der Waals surface area contributed by atoms with E-state index in [9.17, 15) is 0 Å². The van der Waals surface area contributed by atoms with Gasteiger partial charge in [-0.05, 0) is 56.9 Å². The van der Waals surface area contributed by atoms with Crippen LogP contribution in [0.2, 0.25) is 0 Å². The minimum Gasteiger partial charge on any atom is -0.327 e. The van der Waals surface area contributed by atoms with E-state index in [0.29, 0.717) is 6.04 Å². The molecule has 2 N–H and O–H groups in total. The third-order valence-electron chi connectivity index (χ3n) is 6.67. The molecule has 0 radical (unpaired) electrons. The molecule has 3 rings (SSSR count). The Labute approximate surface area is 119 Å². The van der Waals surface area contributed by atoms with Crippen molar-refractivity contribution in [3.8, 4) is 0 Å². The largest absolute Gasteiger partial charge is 0.327 e. The normalized spacial score (nSPS) is 45.3. The van der Waals surface area contributed by atoms with Crippen LogP contribution in [0.4, 0.5) is 0 Å². The molecule has 3 fully saturated rings. The first kappa shape index (κ1) is 13.9. The van der Waals surface area contributed by atoms with Crippen LogP contribution in [0.1, 0.15) is 64.7 Å². The molecule has 19 heavy (non-hydrogen) atoms. The molecule has 5 unspecified atom stereocenters. The molecule has 0 aromatic rings. The van der Waals surface area contributed by atoms with E-state index in [1.54, 1.807) is 0 Å². The minimum atomic E-state index is 0.488. The van der Waals surface area contributed by atoms with E-state index < -0.39 is 0 Å². The fourth-order valence-electron chi connectivity index (χ4n) is 5.37. The summed E-state index contributed by atoms with van der Waals surface area (Å²) >= 11 is 0. The Kier molecular flexibility index (Phi) is 4.19. The zero-order valence-electron chi connectivity index (χ0n) is 12.9. The molecule has 0 spiro atoms. The van der Waals surface area contributed by atoms with Gasteiger partial charge in [-0.1, -0.05) is 32.6 Å². The maximum atomic E-state index is 6.77. The van der Waals surface area contributed by atoms with Gasteiger partial charge < -0.3 is 10.6 Å². The standard InChI is InChI=1S/C17H32N2/c1-3-12-6-4-5-7-16(12)17(18)13-10-14-8-9-15(11-13)19(14)2/h12-17H,3-11,18H2,1-2H3. The fourth-order valence-corrected chi connectivity index (χ4v) is 5.37.